The summed E-state index contributed by atoms with van der Waals surface area (Å²) in [5.74, 6) is -13.4. The topological polar surface area (TPSA) is 643 Å². The zero-order valence-electron chi connectivity index (χ0n) is 71.5. The van der Waals surface area contributed by atoms with Gasteiger partial charge in [-0.2, -0.15) is 38.2 Å². The monoisotopic (exact) mass is 1940 g/mol. The van der Waals surface area contributed by atoms with Gasteiger partial charge in [0, 0.05) is 108 Å². The molecule has 2 fully saturated rings. The molecule has 4 aliphatic heterocycles. The van der Waals surface area contributed by atoms with Gasteiger partial charge in [0.1, 0.15) is 58.6 Å². The third-order valence-electron chi connectivity index (χ3n) is 21.8. The van der Waals surface area contributed by atoms with Crippen LogP contribution in [-0.2, 0) is 115 Å². The lowest BCUT2D eigenvalue weighted by Crippen LogP contribution is -2.60. The number of nitrogens with one attached hydrogen (secondary N) is 13. The molecule has 2 bridgehead atoms. The molecule has 1 unspecified atom stereocenters. The Morgan fingerprint density at radius 1 is 0.577 bits per heavy atom. The van der Waals surface area contributed by atoms with Crippen LogP contribution in [0.15, 0.2) is 135 Å². The summed E-state index contributed by atoms with van der Waals surface area (Å²) in [6.07, 6.45) is 8.75. The number of benzene rings is 5. The van der Waals surface area contributed by atoms with E-state index in [0.29, 0.717) is 77.4 Å². The minimum atomic E-state index is -5.12. The Bertz CT molecular complexity index is 5880. The number of aliphatic carboxylic acids is 1. The van der Waals surface area contributed by atoms with Gasteiger partial charge in [0.25, 0.3) is 40.5 Å². The summed E-state index contributed by atoms with van der Waals surface area (Å²) in [6.45, 7) is 8.39. The smallest absolute Gasteiger partial charge is 0.305 e. The molecule has 0 aliphatic carbocycles. The summed E-state index contributed by atoms with van der Waals surface area (Å²) in [6, 6.07) is 6.81. The Balaban J connectivity index is 0.945. The highest BCUT2D eigenvalue weighted by Gasteiger charge is 2.47. The number of nitrogens with two attached hydrogens (primary N) is 1. The SMILES string of the molecule is CCN1C(=CC=CC=CC2=[N+](CCCCCC(=O)NCCCC[C@@H]3NC(=O)CSC[C@@H](C(=O)NCC(=O)NC)NC(=O)C(Cc4ccccc4)NC(=O)[C@@H]4CSSC[C@H](NC3=O)C(=O)N[C@@H](CCCNC(=N)N)C(=O)NCC(=O)N[C@@H](CC(=O)O)C(=O)N4)c3ccc4c(S(=O)(=O)O)cc(S(=O)(=O)O)cc4c3C2(C)C)C(C)(C)c2c1ccc1c(S(=O)(=O)O)cc(S(=O)(=O)O)cc21. The standard InChI is InChI=1S/C82H104N16O25S7/c1-7-97-60-29-27-49-51(35-47(127(112,113)114)37-62(49)129(118,119)120)71(60)81(2,3)64(97)24-13-9-14-25-65-82(4,5)72-52-36-48(128(115,116)117)38-63(130(121,122)123)50(52)28-30-61(72)98(65)33-18-10-15-26-66(99)86-31-17-16-22-54-75(107)95-58-43-125-126-44-59(96-77(109)56(39-70(103)104)91-68(101)41-89-73(105)53(92-78(58)110)23-19-32-87-80(83)84)79(111)93-55(34-46-20-11-8-12-21-46)76(108)94-57(42-124-45-69(102)90-54)74(106)88-40-67(100)85-6/h8-9,11-14,20-21,24-25,27-30,35-38,53-59H,7,10,15-19,22-23,26,31-34,39-45H2,1-6H3,(H19-,83,84,85,86,87,88,89,90,91,92,93,94,95,96,99,100,101,102,103,104,105,106,107,108,109,110,111,112,113,114,115,116,117,118,119,120,121,122,123)/p+1/t53-,54-,55?,56-,57-,58-,59-/m0/s1. The van der Waals surface area contributed by atoms with Gasteiger partial charge in [0.15, 0.2) is 11.7 Å². The van der Waals surface area contributed by atoms with Crippen LogP contribution < -0.4 is 74.4 Å². The molecule has 20 N–H and O–H groups in total. The number of thioether (sulfide) groups is 1. The second kappa shape index (κ2) is 44.7. The van der Waals surface area contributed by atoms with Gasteiger partial charge < -0.3 is 79.5 Å². The quantitative estimate of drug-likeness (QED) is 0.00589. The van der Waals surface area contributed by atoms with Gasteiger partial charge in [-0.15, -0.1) is 11.8 Å². The summed E-state index contributed by atoms with van der Waals surface area (Å²) in [5, 5.41) is 48.1. The molecule has 9 rings (SSSR count). The number of fused-ring (bicyclic) bond motifs is 11. The predicted octanol–water partition coefficient (Wildman–Crippen LogP) is 1.51. The molecule has 7 atom stereocenters. The average Bonchev–Trinajstić information content (AvgIpc) is 1.55. The Morgan fingerprint density at radius 2 is 1.15 bits per heavy atom. The van der Waals surface area contributed by atoms with E-state index in [4.69, 9.17) is 11.1 Å². The molecule has 0 spiro atoms. The molecule has 0 saturated carbocycles. The molecule has 0 aromatic heterocycles. The van der Waals surface area contributed by atoms with Gasteiger partial charge in [0.2, 0.25) is 70.7 Å². The first-order valence-corrected chi connectivity index (χ1v) is 50.4. The summed E-state index contributed by atoms with van der Waals surface area (Å²) >= 11 is 0.812. The van der Waals surface area contributed by atoms with E-state index in [-0.39, 0.29) is 104 Å². The number of hydrogen-bond donors (Lipinski definition) is 19. The van der Waals surface area contributed by atoms with E-state index in [1.807, 2.05) is 44.1 Å². The van der Waals surface area contributed by atoms with Crippen molar-refractivity contribution < 1.29 is 119 Å². The predicted molar refractivity (Wildman–Crippen MR) is 485 cm³/mol. The minimum absolute atomic E-state index is 0.00538. The van der Waals surface area contributed by atoms with Crippen LogP contribution in [0, 0.1) is 5.41 Å². The van der Waals surface area contributed by atoms with Crippen LogP contribution in [0.25, 0.3) is 21.5 Å². The number of allylic oxidation sites excluding steroid dienone is 6. The normalized spacial score (nSPS) is 21.0. The molecule has 4 aliphatic rings. The highest BCUT2D eigenvalue weighted by Crippen LogP contribution is 2.52. The number of guanidine groups is 1. The van der Waals surface area contributed by atoms with E-state index in [9.17, 15) is 115 Å². The first-order valence-electron chi connectivity index (χ1n) is 41.0. The van der Waals surface area contributed by atoms with Crippen LogP contribution in [0.1, 0.15) is 116 Å². The van der Waals surface area contributed by atoms with Gasteiger partial charge in [-0.05, 0) is 130 Å². The number of carboxylic acids is 1. The molecule has 0 radical (unpaired) electrons. The summed E-state index contributed by atoms with van der Waals surface area (Å²) < 4.78 is 145. The third kappa shape index (κ3) is 27.1. The number of carbonyl (C=O) groups is 12. The van der Waals surface area contributed by atoms with E-state index < -0.39 is 215 Å². The van der Waals surface area contributed by atoms with Crippen molar-refractivity contribution in [1.29, 1.82) is 5.41 Å². The van der Waals surface area contributed by atoms with Gasteiger partial charge >= 0.3 is 5.97 Å². The fourth-order valence-corrected chi connectivity index (χ4v) is 21.4. The molecule has 2 saturated heterocycles. The van der Waals surface area contributed by atoms with Crippen LogP contribution >= 0.6 is 33.3 Å². The molecule has 4 heterocycles. The fraction of sp³-hybridized carbons (Fsp3) is 0.439. The molecular formula is C82H105N16O25S7+. The van der Waals surface area contributed by atoms with Crippen LogP contribution in [0.3, 0.4) is 0 Å². The first-order chi connectivity index (χ1) is 61.1. The van der Waals surface area contributed by atoms with Crippen molar-refractivity contribution in [2.45, 2.75) is 178 Å². The second-order valence-corrected chi connectivity index (χ2v) is 41.1. The number of hydrogen-bond acceptors (Lipinski definition) is 25. The van der Waals surface area contributed by atoms with Crippen molar-refractivity contribution in [2.75, 3.05) is 74.2 Å². The Kier molecular flexibility index (Phi) is 35.3. The molecular weight excluding hydrogens is 1830 g/mol. The van der Waals surface area contributed by atoms with E-state index in [1.54, 1.807) is 72.8 Å². The third-order valence-corrected chi connectivity index (χ3v) is 28.7. The Morgan fingerprint density at radius 3 is 1.74 bits per heavy atom. The maximum atomic E-state index is 14.8. The van der Waals surface area contributed by atoms with E-state index >= 15 is 0 Å². The summed E-state index contributed by atoms with van der Waals surface area (Å²) in [4.78, 5) is 166. The number of anilines is 1. The lowest BCUT2D eigenvalue weighted by atomic mass is 9.79. The van der Waals surface area contributed by atoms with Crippen LogP contribution in [0.5, 0.6) is 0 Å². The number of nitrogens with zero attached hydrogens (tertiary/aromatic N) is 2. The zero-order valence-corrected chi connectivity index (χ0v) is 77.2. The zero-order chi connectivity index (χ0) is 95.5. The number of likely N-dealkylation sites (N-methyl/N-ethyl adjacent to an activating group) is 2. The molecule has 41 nitrogen and oxygen atoms in total. The fourth-order valence-electron chi connectivity index (χ4n) is 15.5. The average molecular weight is 1940 g/mol. The molecule has 48 heteroatoms. The van der Waals surface area contributed by atoms with Crippen molar-refractivity contribution in [1.82, 2.24) is 63.8 Å². The van der Waals surface area contributed by atoms with Crippen molar-refractivity contribution >= 4 is 189 Å². The van der Waals surface area contributed by atoms with Gasteiger partial charge in [-0.3, -0.25) is 81.2 Å². The number of amides is 11. The van der Waals surface area contributed by atoms with Gasteiger partial charge in [-0.25, -0.2) is 0 Å². The van der Waals surface area contributed by atoms with Crippen molar-refractivity contribution in [2.24, 2.45) is 5.73 Å². The minimum Gasteiger partial charge on any atom is -0.481 e. The Labute approximate surface area is 762 Å². The van der Waals surface area contributed by atoms with Crippen molar-refractivity contribution in [3.8, 4) is 0 Å². The van der Waals surface area contributed by atoms with E-state index in [2.05, 4.69) is 63.8 Å². The second-order valence-electron chi connectivity index (χ2n) is 31.8. The lowest BCUT2D eigenvalue weighted by molar-refractivity contribution is -0.438. The van der Waals surface area contributed by atoms with Crippen molar-refractivity contribution in [3.05, 3.63) is 132 Å². The van der Waals surface area contributed by atoms with E-state index in [0.717, 1.165) is 45.5 Å². The van der Waals surface area contributed by atoms with Gasteiger partial charge in [0.05, 0.1) is 40.5 Å². The van der Waals surface area contributed by atoms with Crippen LogP contribution in [0.2, 0.25) is 0 Å². The lowest BCUT2D eigenvalue weighted by Gasteiger charge is -2.27. The molecule has 704 valence electrons. The number of carbonyl (C=O) groups excluding carboxylic acids is 11. The maximum absolute atomic E-state index is 14.8. The highest BCUT2D eigenvalue weighted by molar-refractivity contribution is 8.76. The van der Waals surface area contributed by atoms with E-state index in [1.165, 1.54) is 19.2 Å². The maximum Gasteiger partial charge on any atom is 0.305 e. The number of rotatable bonds is 30. The summed E-state index contributed by atoms with van der Waals surface area (Å²) in [5.41, 5.74) is 7.22. The first kappa shape index (κ1) is 103. The molecule has 11 amide bonds. The summed E-state index contributed by atoms with van der Waals surface area (Å²) in [7, 11) is -17.1. The molecule has 130 heavy (non-hydrogen) atoms. The molecule has 5 aromatic carbocycles. The van der Waals surface area contributed by atoms with Crippen molar-refractivity contribution in [3.63, 3.8) is 0 Å². The highest BCUT2D eigenvalue weighted by atomic mass is 33.1. The number of unbranched alkanes of at least 4 members (excludes halogenated alkanes) is 3. The Hall–Kier alpha value is -11.1. The van der Waals surface area contributed by atoms with Crippen LogP contribution in [-0.4, -0.2) is 256 Å². The number of carboxylic acid groups (broad SMARTS) is 1. The van der Waals surface area contributed by atoms with Gasteiger partial charge in [-0.1, -0.05) is 90.1 Å². The molecule has 5 aromatic rings. The van der Waals surface area contributed by atoms with Crippen LogP contribution in [0.4, 0.5) is 11.4 Å². The largest absolute Gasteiger partial charge is 0.481 e.